The standard InChI is InChI=1S/C18H26N2O5/c1-12(2)15(19-17(24)25-18(3,4)5)16(23)20(11-14(21)22)13-9-7-6-8-10-13/h6-10,12,15H,11H2,1-5H3,(H,19,24)(H,21,22)/t15-/m0/s1. The number of amides is 2. The smallest absolute Gasteiger partial charge is 0.408 e. The summed E-state index contributed by atoms with van der Waals surface area (Å²) in [6.45, 7) is 8.20. The van der Waals surface area contributed by atoms with Gasteiger partial charge in [-0.3, -0.25) is 14.5 Å². The van der Waals surface area contributed by atoms with Gasteiger partial charge < -0.3 is 15.2 Å². The SMILES string of the molecule is CC(C)[C@H](NC(=O)OC(C)(C)C)C(=O)N(CC(=O)O)c1ccccc1. The van der Waals surface area contributed by atoms with Gasteiger partial charge in [-0.1, -0.05) is 32.0 Å². The van der Waals surface area contributed by atoms with Gasteiger partial charge in [-0.05, 0) is 38.8 Å². The predicted octanol–water partition coefficient (Wildman–Crippen LogP) is 2.65. The highest BCUT2D eigenvalue weighted by atomic mass is 16.6. The summed E-state index contributed by atoms with van der Waals surface area (Å²) in [4.78, 5) is 37.3. The Balaban J connectivity index is 3.04. The molecule has 2 N–H and O–H groups in total. The fourth-order valence-electron chi connectivity index (χ4n) is 2.16. The second kappa shape index (κ2) is 8.50. The molecule has 0 spiro atoms. The van der Waals surface area contributed by atoms with Crippen molar-refractivity contribution in [2.24, 2.45) is 5.92 Å². The van der Waals surface area contributed by atoms with Crippen molar-refractivity contribution in [2.75, 3.05) is 11.4 Å². The Bertz CT molecular complexity index is 608. The van der Waals surface area contributed by atoms with Gasteiger partial charge in [0.05, 0.1) is 0 Å². The first-order chi connectivity index (χ1) is 11.5. The third-order valence-electron chi connectivity index (χ3n) is 3.23. The largest absolute Gasteiger partial charge is 0.480 e. The Labute approximate surface area is 148 Å². The zero-order valence-electron chi connectivity index (χ0n) is 15.3. The molecule has 0 aromatic heterocycles. The molecule has 1 rings (SSSR count). The molecule has 1 atom stereocenters. The number of hydrogen-bond donors (Lipinski definition) is 2. The van der Waals surface area contributed by atoms with Gasteiger partial charge in [0.2, 0.25) is 5.91 Å². The number of anilines is 1. The van der Waals surface area contributed by atoms with E-state index < -0.39 is 36.2 Å². The fraction of sp³-hybridized carbons (Fsp3) is 0.500. The maximum atomic E-state index is 12.9. The van der Waals surface area contributed by atoms with E-state index >= 15 is 0 Å². The molecule has 138 valence electrons. The molecule has 0 bridgehead atoms. The van der Waals surface area contributed by atoms with Crippen LogP contribution in [0.2, 0.25) is 0 Å². The molecular formula is C18H26N2O5. The van der Waals surface area contributed by atoms with Crippen molar-refractivity contribution in [3.8, 4) is 0 Å². The van der Waals surface area contributed by atoms with Crippen LogP contribution in [0.5, 0.6) is 0 Å². The number of para-hydroxylation sites is 1. The second-order valence-corrected chi connectivity index (χ2v) is 7.02. The van der Waals surface area contributed by atoms with Gasteiger partial charge in [-0.15, -0.1) is 0 Å². The summed E-state index contributed by atoms with van der Waals surface area (Å²) in [5.74, 6) is -1.90. The van der Waals surface area contributed by atoms with E-state index in [0.717, 1.165) is 4.90 Å². The number of carbonyl (C=O) groups excluding carboxylic acids is 2. The number of alkyl carbamates (subject to hydrolysis) is 1. The first-order valence-corrected chi connectivity index (χ1v) is 8.09. The number of carboxylic acid groups (broad SMARTS) is 1. The molecule has 25 heavy (non-hydrogen) atoms. The first-order valence-electron chi connectivity index (χ1n) is 8.09. The van der Waals surface area contributed by atoms with Crippen LogP contribution in [0, 0.1) is 5.92 Å². The Hall–Kier alpha value is -2.57. The normalized spacial score (nSPS) is 12.4. The molecule has 0 saturated carbocycles. The van der Waals surface area contributed by atoms with Crippen LogP contribution in [0.25, 0.3) is 0 Å². The summed E-state index contributed by atoms with van der Waals surface area (Å²) in [7, 11) is 0. The van der Waals surface area contributed by atoms with Crippen molar-refractivity contribution in [3.05, 3.63) is 30.3 Å². The summed E-state index contributed by atoms with van der Waals surface area (Å²) in [6.07, 6.45) is -0.720. The summed E-state index contributed by atoms with van der Waals surface area (Å²) in [5, 5.41) is 11.7. The Kier molecular flexibility index (Phi) is 6.97. The number of nitrogens with zero attached hydrogens (tertiary/aromatic N) is 1. The molecule has 0 aliphatic heterocycles. The number of aliphatic carboxylic acids is 1. The van der Waals surface area contributed by atoms with Gasteiger partial charge in [0.1, 0.15) is 18.2 Å². The quantitative estimate of drug-likeness (QED) is 0.822. The molecule has 0 fully saturated rings. The van der Waals surface area contributed by atoms with E-state index in [1.165, 1.54) is 0 Å². The zero-order chi connectivity index (χ0) is 19.2. The number of carboxylic acids is 1. The van der Waals surface area contributed by atoms with Crippen molar-refractivity contribution in [2.45, 2.75) is 46.3 Å². The number of rotatable bonds is 6. The summed E-state index contributed by atoms with van der Waals surface area (Å²) < 4.78 is 5.20. The van der Waals surface area contributed by atoms with Crippen LogP contribution < -0.4 is 10.2 Å². The molecule has 0 aliphatic carbocycles. The number of benzene rings is 1. The Morgan fingerprint density at radius 2 is 1.72 bits per heavy atom. The lowest BCUT2D eigenvalue weighted by Gasteiger charge is -2.29. The summed E-state index contributed by atoms with van der Waals surface area (Å²) >= 11 is 0. The summed E-state index contributed by atoms with van der Waals surface area (Å²) in [6, 6.07) is 7.57. The lowest BCUT2D eigenvalue weighted by Crippen LogP contribution is -2.53. The minimum absolute atomic E-state index is 0.250. The Morgan fingerprint density at radius 3 is 2.16 bits per heavy atom. The topological polar surface area (TPSA) is 95.9 Å². The minimum atomic E-state index is -1.14. The molecule has 7 heteroatoms. The van der Waals surface area contributed by atoms with E-state index in [4.69, 9.17) is 9.84 Å². The van der Waals surface area contributed by atoms with Crippen molar-refractivity contribution in [1.29, 1.82) is 0 Å². The highest BCUT2D eigenvalue weighted by Gasteiger charge is 2.32. The second-order valence-electron chi connectivity index (χ2n) is 7.02. The van der Waals surface area contributed by atoms with Gasteiger partial charge in [-0.2, -0.15) is 0 Å². The van der Waals surface area contributed by atoms with Crippen molar-refractivity contribution < 1.29 is 24.2 Å². The van der Waals surface area contributed by atoms with Crippen LogP contribution in [0.4, 0.5) is 10.5 Å². The fourth-order valence-corrected chi connectivity index (χ4v) is 2.16. The van der Waals surface area contributed by atoms with E-state index in [2.05, 4.69) is 5.32 Å². The van der Waals surface area contributed by atoms with E-state index in [9.17, 15) is 14.4 Å². The number of nitrogens with one attached hydrogen (secondary N) is 1. The first kappa shape index (κ1) is 20.5. The van der Waals surface area contributed by atoms with E-state index in [0.29, 0.717) is 5.69 Å². The van der Waals surface area contributed by atoms with Gasteiger partial charge in [-0.25, -0.2) is 4.79 Å². The van der Waals surface area contributed by atoms with Crippen molar-refractivity contribution in [1.82, 2.24) is 5.32 Å². The highest BCUT2D eigenvalue weighted by molar-refractivity contribution is 6.01. The molecule has 0 unspecified atom stereocenters. The third-order valence-corrected chi connectivity index (χ3v) is 3.23. The van der Waals surface area contributed by atoms with E-state index in [1.54, 1.807) is 65.0 Å². The molecule has 7 nitrogen and oxygen atoms in total. The van der Waals surface area contributed by atoms with Gasteiger partial charge in [0.15, 0.2) is 0 Å². The minimum Gasteiger partial charge on any atom is -0.480 e. The van der Waals surface area contributed by atoms with Gasteiger partial charge >= 0.3 is 12.1 Å². The lowest BCUT2D eigenvalue weighted by molar-refractivity contribution is -0.137. The maximum Gasteiger partial charge on any atom is 0.408 e. The number of hydrogen-bond acceptors (Lipinski definition) is 4. The van der Waals surface area contributed by atoms with Gasteiger partial charge in [0.25, 0.3) is 0 Å². The monoisotopic (exact) mass is 350 g/mol. The lowest BCUT2D eigenvalue weighted by atomic mass is 10.0. The average Bonchev–Trinajstić information content (AvgIpc) is 2.48. The molecular weight excluding hydrogens is 324 g/mol. The number of carbonyl (C=O) groups is 3. The van der Waals surface area contributed by atoms with E-state index in [1.807, 2.05) is 0 Å². The maximum absolute atomic E-state index is 12.9. The molecule has 0 aliphatic rings. The molecule has 0 heterocycles. The Morgan fingerprint density at radius 1 is 1.16 bits per heavy atom. The molecule has 0 radical (unpaired) electrons. The van der Waals surface area contributed by atoms with Crippen molar-refractivity contribution in [3.63, 3.8) is 0 Å². The highest BCUT2D eigenvalue weighted by Crippen LogP contribution is 2.17. The van der Waals surface area contributed by atoms with Gasteiger partial charge in [0, 0.05) is 5.69 Å². The van der Waals surface area contributed by atoms with Crippen LogP contribution in [0.1, 0.15) is 34.6 Å². The van der Waals surface area contributed by atoms with Crippen LogP contribution in [0.15, 0.2) is 30.3 Å². The van der Waals surface area contributed by atoms with Crippen LogP contribution in [-0.4, -0.2) is 41.3 Å². The molecule has 1 aromatic carbocycles. The van der Waals surface area contributed by atoms with Crippen molar-refractivity contribution >= 4 is 23.7 Å². The zero-order valence-corrected chi connectivity index (χ0v) is 15.3. The third kappa shape index (κ3) is 6.82. The number of ether oxygens (including phenoxy) is 1. The predicted molar refractivity (Wildman–Crippen MR) is 94.4 cm³/mol. The molecule has 2 amide bonds. The van der Waals surface area contributed by atoms with Crippen LogP contribution in [-0.2, 0) is 14.3 Å². The van der Waals surface area contributed by atoms with E-state index in [-0.39, 0.29) is 5.92 Å². The van der Waals surface area contributed by atoms with Crippen LogP contribution >= 0.6 is 0 Å². The molecule has 0 saturated heterocycles. The average molecular weight is 350 g/mol. The molecule has 1 aromatic rings. The summed E-state index contributed by atoms with van der Waals surface area (Å²) in [5.41, 5.74) is -0.249. The van der Waals surface area contributed by atoms with Crippen LogP contribution in [0.3, 0.4) is 0 Å².